The van der Waals surface area contributed by atoms with Crippen LogP contribution in [-0.4, -0.2) is 21.0 Å². The number of pyridine rings is 1. The Morgan fingerprint density at radius 1 is 0.926 bits per heavy atom. The molecule has 1 saturated heterocycles. The molecule has 0 radical (unpaired) electrons. The summed E-state index contributed by atoms with van der Waals surface area (Å²) in [7, 11) is 0. The van der Waals surface area contributed by atoms with Gasteiger partial charge in [-0.2, -0.15) is 0 Å². The van der Waals surface area contributed by atoms with Crippen LogP contribution in [0.1, 0.15) is 11.1 Å². The second-order valence-corrected chi connectivity index (χ2v) is 7.01. The van der Waals surface area contributed by atoms with Crippen LogP contribution < -0.4 is 0 Å². The topological polar surface area (TPSA) is 45.6 Å². The van der Waals surface area contributed by atoms with Gasteiger partial charge in [-0.3, -0.25) is 14.7 Å². The molecule has 27 heavy (non-hydrogen) atoms. The van der Waals surface area contributed by atoms with Crippen LogP contribution in [0, 0.1) is 0 Å². The summed E-state index contributed by atoms with van der Waals surface area (Å²) in [5.74, 6) is -0.0321. The Labute approximate surface area is 162 Å². The molecule has 0 atom stereocenters. The molecule has 1 aliphatic rings. The molecule has 1 fully saturated rings. The van der Waals surface area contributed by atoms with Gasteiger partial charge in [0.2, 0.25) is 0 Å². The van der Waals surface area contributed by atoms with Crippen LogP contribution in [0.5, 0.6) is 0 Å². The molecule has 1 aliphatic heterocycles. The first-order chi connectivity index (χ1) is 13.3. The highest BCUT2D eigenvalue weighted by molar-refractivity contribution is 8.18. The maximum Gasteiger partial charge on any atom is 0.267 e. The predicted octanol–water partition coefficient (Wildman–Crippen LogP) is 4.89. The van der Waals surface area contributed by atoms with Crippen LogP contribution >= 0.6 is 11.8 Å². The van der Waals surface area contributed by atoms with Crippen molar-refractivity contribution in [1.82, 2.24) is 9.88 Å². The van der Waals surface area contributed by atoms with E-state index in [0.29, 0.717) is 16.6 Å². The Kier molecular flexibility index (Phi) is 5.12. The van der Waals surface area contributed by atoms with Crippen LogP contribution in [0.2, 0.25) is 0 Å². The van der Waals surface area contributed by atoms with Gasteiger partial charge in [0, 0.05) is 12.4 Å². The van der Waals surface area contributed by atoms with E-state index in [9.17, 15) is 4.79 Å². The summed E-state index contributed by atoms with van der Waals surface area (Å²) in [6.07, 6.45) is 5.33. The smallest absolute Gasteiger partial charge is 0.267 e. The van der Waals surface area contributed by atoms with E-state index in [2.05, 4.69) is 4.98 Å². The maximum atomic E-state index is 13.1. The lowest BCUT2D eigenvalue weighted by molar-refractivity contribution is -0.122. The first-order valence-electron chi connectivity index (χ1n) is 8.59. The highest BCUT2D eigenvalue weighted by atomic mass is 32.2. The number of thioether (sulfide) groups is 1. The van der Waals surface area contributed by atoms with Gasteiger partial charge in [0.25, 0.3) is 5.91 Å². The number of benzene rings is 2. The zero-order chi connectivity index (χ0) is 18.5. The summed E-state index contributed by atoms with van der Waals surface area (Å²) < 4.78 is 0. The van der Waals surface area contributed by atoms with Gasteiger partial charge in [-0.25, -0.2) is 4.99 Å². The third-order valence-electron chi connectivity index (χ3n) is 4.06. The summed E-state index contributed by atoms with van der Waals surface area (Å²) in [6.45, 7) is 0.492. The average Bonchev–Trinajstić information content (AvgIpc) is 2.99. The molecule has 1 amide bonds. The summed E-state index contributed by atoms with van der Waals surface area (Å²) in [4.78, 5) is 24.2. The van der Waals surface area contributed by atoms with Crippen molar-refractivity contribution < 1.29 is 4.79 Å². The van der Waals surface area contributed by atoms with E-state index in [-0.39, 0.29) is 5.91 Å². The van der Waals surface area contributed by atoms with Crippen LogP contribution in [0.15, 0.2) is 95.1 Å². The van der Waals surface area contributed by atoms with Crippen molar-refractivity contribution in [2.75, 3.05) is 0 Å². The van der Waals surface area contributed by atoms with Crippen molar-refractivity contribution >= 4 is 34.6 Å². The summed E-state index contributed by atoms with van der Waals surface area (Å²) in [5.41, 5.74) is 2.84. The molecule has 2 heterocycles. The number of amides is 1. The van der Waals surface area contributed by atoms with E-state index in [4.69, 9.17) is 4.99 Å². The number of para-hydroxylation sites is 1. The van der Waals surface area contributed by atoms with E-state index in [1.807, 2.05) is 78.9 Å². The number of nitrogens with zero attached hydrogens (tertiary/aromatic N) is 3. The van der Waals surface area contributed by atoms with Crippen molar-refractivity contribution in [2.24, 2.45) is 4.99 Å². The van der Waals surface area contributed by atoms with E-state index in [0.717, 1.165) is 16.8 Å². The second kappa shape index (κ2) is 8.01. The molecule has 0 unspecified atom stereocenters. The van der Waals surface area contributed by atoms with E-state index >= 15 is 0 Å². The van der Waals surface area contributed by atoms with Crippen LogP contribution in [-0.2, 0) is 11.3 Å². The number of carbonyl (C=O) groups excluding carboxylic acids is 1. The quantitative estimate of drug-likeness (QED) is 0.614. The molecule has 0 N–H and O–H groups in total. The predicted molar refractivity (Wildman–Crippen MR) is 110 cm³/mol. The number of aliphatic imine (C=N–C) groups is 1. The van der Waals surface area contributed by atoms with Crippen molar-refractivity contribution in [3.63, 3.8) is 0 Å². The lowest BCUT2D eigenvalue weighted by Gasteiger charge is -2.15. The normalized spacial score (nSPS) is 17.0. The van der Waals surface area contributed by atoms with Crippen molar-refractivity contribution in [3.8, 4) is 0 Å². The number of aromatic nitrogens is 1. The monoisotopic (exact) mass is 371 g/mol. The fourth-order valence-electron chi connectivity index (χ4n) is 2.72. The Morgan fingerprint density at radius 2 is 1.59 bits per heavy atom. The third-order valence-corrected chi connectivity index (χ3v) is 5.06. The zero-order valence-electron chi connectivity index (χ0n) is 14.5. The molecule has 132 valence electrons. The maximum absolute atomic E-state index is 13.1. The molecule has 1 aromatic heterocycles. The number of rotatable bonds is 4. The van der Waals surface area contributed by atoms with Crippen LogP contribution in [0.3, 0.4) is 0 Å². The SMILES string of the molecule is O=C1/C(=C\c2ccncc2)SC(=Nc2ccccc2)N1Cc1ccccc1. The van der Waals surface area contributed by atoms with Gasteiger partial charge in [0.05, 0.1) is 17.1 Å². The van der Waals surface area contributed by atoms with Gasteiger partial charge >= 0.3 is 0 Å². The minimum atomic E-state index is -0.0321. The van der Waals surface area contributed by atoms with E-state index in [1.165, 1.54) is 11.8 Å². The first-order valence-corrected chi connectivity index (χ1v) is 9.40. The van der Waals surface area contributed by atoms with Gasteiger partial charge in [-0.1, -0.05) is 48.5 Å². The standard InChI is InChI=1S/C22H17N3OS/c26-21-20(15-17-11-13-23-14-12-17)27-22(24-19-9-5-2-6-10-19)25(21)16-18-7-3-1-4-8-18/h1-15H,16H2/b20-15+,24-22?. The number of hydrogen-bond donors (Lipinski definition) is 0. The van der Waals surface area contributed by atoms with Gasteiger partial charge in [-0.15, -0.1) is 0 Å². The molecule has 0 spiro atoms. The molecule has 0 bridgehead atoms. The van der Waals surface area contributed by atoms with E-state index < -0.39 is 0 Å². The molecule has 0 saturated carbocycles. The third kappa shape index (κ3) is 4.15. The highest BCUT2D eigenvalue weighted by Crippen LogP contribution is 2.35. The molecular weight excluding hydrogens is 354 g/mol. The molecular formula is C22H17N3OS. The summed E-state index contributed by atoms with van der Waals surface area (Å²) in [6, 6.07) is 23.4. The molecule has 3 aromatic rings. The van der Waals surface area contributed by atoms with Crippen LogP contribution in [0.4, 0.5) is 5.69 Å². The fourth-order valence-corrected chi connectivity index (χ4v) is 3.72. The summed E-state index contributed by atoms with van der Waals surface area (Å²) in [5, 5.41) is 0.690. The lowest BCUT2D eigenvalue weighted by atomic mass is 10.2. The molecule has 2 aromatic carbocycles. The van der Waals surface area contributed by atoms with Crippen molar-refractivity contribution in [3.05, 3.63) is 101 Å². The fraction of sp³-hybridized carbons (Fsp3) is 0.0455. The number of hydrogen-bond acceptors (Lipinski definition) is 4. The van der Waals surface area contributed by atoms with Gasteiger partial charge in [0.1, 0.15) is 0 Å². The average molecular weight is 371 g/mol. The molecule has 4 rings (SSSR count). The van der Waals surface area contributed by atoms with Crippen LogP contribution in [0.25, 0.3) is 6.08 Å². The molecule has 0 aliphatic carbocycles. The van der Waals surface area contributed by atoms with Gasteiger partial charge in [0.15, 0.2) is 5.17 Å². The van der Waals surface area contributed by atoms with Gasteiger partial charge < -0.3 is 0 Å². The number of carbonyl (C=O) groups is 1. The summed E-state index contributed by atoms with van der Waals surface area (Å²) >= 11 is 1.40. The lowest BCUT2D eigenvalue weighted by Crippen LogP contribution is -2.28. The minimum Gasteiger partial charge on any atom is -0.282 e. The Bertz CT molecular complexity index is 986. The zero-order valence-corrected chi connectivity index (χ0v) is 15.3. The van der Waals surface area contributed by atoms with Crippen molar-refractivity contribution in [1.29, 1.82) is 0 Å². The largest absolute Gasteiger partial charge is 0.282 e. The highest BCUT2D eigenvalue weighted by Gasteiger charge is 2.33. The van der Waals surface area contributed by atoms with Crippen molar-refractivity contribution in [2.45, 2.75) is 6.54 Å². The van der Waals surface area contributed by atoms with E-state index in [1.54, 1.807) is 17.3 Å². The Morgan fingerprint density at radius 3 is 2.30 bits per heavy atom. The molecule has 4 nitrogen and oxygen atoms in total. The first kappa shape index (κ1) is 17.2. The second-order valence-electron chi connectivity index (χ2n) is 6.00. The number of amidine groups is 1. The minimum absolute atomic E-state index is 0.0321. The Hall–Kier alpha value is -3.18. The molecule has 5 heteroatoms. The Balaban J connectivity index is 1.69. The van der Waals surface area contributed by atoms with Gasteiger partial charge in [-0.05, 0) is 53.2 Å².